The summed E-state index contributed by atoms with van der Waals surface area (Å²) in [6.07, 6.45) is 3.27. The van der Waals surface area contributed by atoms with Gasteiger partial charge in [0.25, 0.3) is 0 Å². The second kappa shape index (κ2) is 6.96. The summed E-state index contributed by atoms with van der Waals surface area (Å²) >= 11 is 1.63. The molecule has 0 aromatic heterocycles. The third kappa shape index (κ3) is 3.74. The van der Waals surface area contributed by atoms with Gasteiger partial charge in [0, 0.05) is 11.3 Å². The Morgan fingerprint density at radius 2 is 2.26 bits per heavy atom. The van der Waals surface area contributed by atoms with E-state index >= 15 is 0 Å². The summed E-state index contributed by atoms with van der Waals surface area (Å²) in [6.45, 7) is 2.27. The van der Waals surface area contributed by atoms with Gasteiger partial charge in [0.1, 0.15) is 0 Å². The average molecular weight is 279 g/mol. The van der Waals surface area contributed by atoms with Crippen molar-refractivity contribution < 1.29 is 9.53 Å². The number of esters is 1. The van der Waals surface area contributed by atoms with Crippen LogP contribution in [0.2, 0.25) is 0 Å². The van der Waals surface area contributed by atoms with Crippen molar-refractivity contribution in [3.05, 3.63) is 35.4 Å². The molecule has 19 heavy (non-hydrogen) atoms. The minimum absolute atomic E-state index is 0.0122. The van der Waals surface area contributed by atoms with Gasteiger partial charge in [-0.3, -0.25) is 4.79 Å². The molecule has 0 fully saturated rings. The van der Waals surface area contributed by atoms with Gasteiger partial charge in [-0.2, -0.15) is 0 Å². The summed E-state index contributed by atoms with van der Waals surface area (Å²) in [5.74, 6) is 0.256. The first kappa shape index (κ1) is 14.4. The van der Waals surface area contributed by atoms with Crippen LogP contribution in [0.4, 0.5) is 0 Å². The highest BCUT2D eigenvalue weighted by atomic mass is 32.2. The van der Waals surface area contributed by atoms with E-state index in [4.69, 9.17) is 10.5 Å². The van der Waals surface area contributed by atoms with Crippen LogP contribution >= 0.6 is 11.8 Å². The van der Waals surface area contributed by atoms with Crippen LogP contribution in [0.25, 0.3) is 0 Å². The lowest BCUT2D eigenvalue weighted by Crippen LogP contribution is -2.24. The predicted octanol–water partition coefficient (Wildman–Crippen LogP) is 2.69. The zero-order chi connectivity index (χ0) is 13.7. The maximum absolute atomic E-state index is 11.4. The molecule has 1 aliphatic rings. The summed E-state index contributed by atoms with van der Waals surface area (Å²) in [4.78, 5) is 11.4. The van der Waals surface area contributed by atoms with Crippen molar-refractivity contribution in [2.75, 3.05) is 12.4 Å². The monoisotopic (exact) mass is 279 g/mol. The summed E-state index contributed by atoms with van der Waals surface area (Å²) in [6, 6.07) is 8.39. The summed E-state index contributed by atoms with van der Waals surface area (Å²) in [5, 5.41) is 0.299. The van der Waals surface area contributed by atoms with E-state index in [2.05, 4.69) is 18.2 Å². The number of hydrogen-bond acceptors (Lipinski definition) is 4. The molecule has 0 radical (unpaired) electrons. The lowest BCUT2D eigenvalue weighted by molar-refractivity contribution is -0.139. The van der Waals surface area contributed by atoms with E-state index in [1.54, 1.807) is 11.8 Å². The quantitative estimate of drug-likeness (QED) is 0.680. The SMILES string of the molecule is CCOC(=O)CSC1CCCc2ccccc2C1N. The number of hydrogen-bond donors (Lipinski definition) is 1. The first-order chi connectivity index (χ1) is 9.22. The molecule has 3 nitrogen and oxygen atoms in total. The summed E-state index contributed by atoms with van der Waals surface area (Å²) in [5.41, 5.74) is 8.97. The molecule has 0 saturated heterocycles. The van der Waals surface area contributed by atoms with Crippen LogP contribution in [0.5, 0.6) is 0 Å². The number of rotatable bonds is 4. The number of ether oxygens (including phenoxy) is 1. The topological polar surface area (TPSA) is 52.3 Å². The predicted molar refractivity (Wildman–Crippen MR) is 79.2 cm³/mol. The van der Waals surface area contributed by atoms with Gasteiger partial charge in [-0.25, -0.2) is 0 Å². The number of benzene rings is 1. The van der Waals surface area contributed by atoms with E-state index in [0.717, 1.165) is 19.3 Å². The van der Waals surface area contributed by atoms with Crippen LogP contribution in [0, 0.1) is 0 Å². The van der Waals surface area contributed by atoms with Crippen molar-refractivity contribution in [3.63, 3.8) is 0 Å². The van der Waals surface area contributed by atoms with Crippen molar-refractivity contribution in [2.24, 2.45) is 5.73 Å². The number of aryl methyl sites for hydroxylation is 1. The number of carbonyl (C=O) groups excluding carboxylic acids is 1. The van der Waals surface area contributed by atoms with Crippen LogP contribution in [0.3, 0.4) is 0 Å². The fourth-order valence-electron chi connectivity index (χ4n) is 2.53. The van der Waals surface area contributed by atoms with Crippen molar-refractivity contribution in [3.8, 4) is 0 Å². The highest BCUT2D eigenvalue weighted by Crippen LogP contribution is 2.34. The molecule has 2 unspecified atom stereocenters. The van der Waals surface area contributed by atoms with E-state index in [-0.39, 0.29) is 12.0 Å². The Morgan fingerprint density at radius 1 is 1.47 bits per heavy atom. The maximum atomic E-state index is 11.4. The molecule has 2 rings (SSSR count). The Morgan fingerprint density at radius 3 is 3.05 bits per heavy atom. The second-order valence-corrected chi connectivity index (χ2v) is 6.00. The minimum Gasteiger partial charge on any atom is -0.465 e. The van der Waals surface area contributed by atoms with Gasteiger partial charge in [-0.1, -0.05) is 24.3 Å². The number of fused-ring (bicyclic) bond motifs is 1. The molecule has 0 spiro atoms. The van der Waals surface area contributed by atoms with Crippen LogP contribution in [-0.4, -0.2) is 23.6 Å². The van der Waals surface area contributed by atoms with Crippen molar-refractivity contribution in [2.45, 2.75) is 37.5 Å². The standard InChI is InChI=1S/C15H21NO2S/c1-2-18-14(17)10-19-13-9-5-7-11-6-3-4-8-12(11)15(13)16/h3-4,6,8,13,15H,2,5,7,9-10,16H2,1H3. The smallest absolute Gasteiger partial charge is 0.315 e. The Labute approximate surface area is 118 Å². The Kier molecular flexibility index (Phi) is 5.28. The van der Waals surface area contributed by atoms with E-state index in [9.17, 15) is 4.79 Å². The zero-order valence-corrected chi connectivity index (χ0v) is 12.1. The second-order valence-electron chi connectivity index (χ2n) is 4.77. The van der Waals surface area contributed by atoms with Gasteiger partial charge in [-0.05, 0) is 37.3 Å². The van der Waals surface area contributed by atoms with Gasteiger partial charge < -0.3 is 10.5 Å². The molecule has 1 aromatic rings. The largest absolute Gasteiger partial charge is 0.465 e. The van der Waals surface area contributed by atoms with Gasteiger partial charge in [0.15, 0.2) is 0 Å². The fourth-order valence-corrected chi connectivity index (χ4v) is 3.65. The van der Waals surface area contributed by atoms with Crippen molar-refractivity contribution in [1.29, 1.82) is 0 Å². The van der Waals surface area contributed by atoms with E-state index in [1.165, 1.54) is 11.1 Å². The molecule has 4 heteroatoms. The average Bonchev–Trinajstić information content (AvgIpc) is 2.57. The lowest BCUT2D eigenvalue weighted by atomic mass is 10.00. The molecule has 0 aliphatic heterocycles. The Bertz CT molecular complexity index is 436. The molecule has 0 amide bonds. The Hall–Kier alpha value is -1.00. The molecule has 2 N–H and O–H groups in total. The van der Waals surface area contributed by atoms with E-state index < -0.39 is 0 Å². The molecule has 104 valence electrons. The van der Waals surface area contributed by atoms with Gasteiger partial charge >= 0.3 is 5.97 Å². The van der Waals surface area contributed by atoms with E-state index in [1.807, 2.05) is 13.0 Å². The number of nitrogens with two attached hydrogens (primary N) is 1. The van der Waals surface area contributed by atoms with E-state index in [0.29, 0.717) is 17.6 Å². The lowest BCUT2D eigenvalue weighted by Gasteiger charge is -2.22. The molecule has 0 saturated carbocycles. The van der Waals surface area contributed by atoms with Crippen LogP contribution < -0.4 is 5.73 Å². The van der Waals surface area contributed by atoms with Gasteiger partial charge in [-0.15, -0.1) is 11.8 Å². The van der Waals surface area contributed by atoms with Crippen LogP contribution in [0.1, 0.15) is 36.9 Å². The van der Waals surface area contributed by atoms with Crippen LogP contribution in [0.15, 0.2) is 24.3 Å². The highest BCUT2D eigenvalue weighted by molar-refractivity contribution is 8.00. The van der Waals surface area contributed by atoms with Gasteiger partial charge in [0.2, 0.25) is 0 Å². The molecule has 1 aliphatic carbocycles. The molecule has 0 heterocycles. The fraction of sp³-hybridized carbons (Fsp3) is 0.533. The molecule has 1 aromatic carbocycles. The number of thioether (sulfide) groups is 1. The third-order valence-electron chi connectivity index (χ3n) is 3.47. The molecule has 2 atom stereocenters. The normalized spacial score (nSPS) is 22.4. The minimum atomic E-state index is -0.141. The highest BCUT2D eigenvalue weighted by Gasteiger charge is 2.25. The van der Waals surface area contributed by atoms with Crippen molar-refractivity contribution >= 4 is 17.7 Å². The first-order valence-electron chi connectivity index (χ1n) is 6.83. The number of carbonyl (C=O) groups is 1. The van der Waals surface area contributed by atoms with Crippen LogP contribution in [-0.2, 0) is 16.0 Å². The van der Waals surface area contributed by atoms with Crippen molar-refractivity contribution in [1.82, 2.24) is 0 Å². The molecule has 0 bridgehead atoms. The first-order valence-corrected chi connectivity index (χ1v) is 7.88. The molecular formula is C15H21NO2S. The summed E-state index contributed by atoms with van der Waals surface area (Å²) < 4.78 is 4.97. The third-order valence-corrected chi connectivity index (χ3v) is 4.83. The maximum Gasteiger partial charge on any atom is 0.315 e. The van der Waals surface area contributed by atoms with Gasteiger partial charge in [0.05, 0.1) is 12.4 Å². The Balaban J connectivity index is 2.01. The zero-order valence-electron chi connectivity index (χ0n) is 11.3. The summed E-state index contributed by atoms with van der Waals surface area (Å²) in [7, 11) is 0. The molecular weight excluding hydrogens is 258 g/mol.